The number of anilines is 1. The predicted octanol–water partition coefficient (Wildman–Crippen LogP) is 4.63. The van der Waals surface area contributed by atoms with Gasteiger partial charge < -0.3 is 5.32 Å². The highest BCUT2D eigenvalue weighted by atomic mass is 19.1. The molecule has 2 heterocycles. The van der Waals surface area contributed by atoms with E-state index in [1.807, 2.05) is 0 Å². The molecule has 0 aliphatic heterocycles. The average molecular weight is 402 g/mol. The number of aryl methyl sites for hydroxylation is 2. The van der Waals surface area contributed by atoms with Gasteiger partial charge in [0.1, 0.15) is 5.82 Å². The van der Waals surface area contributed by atoms with Crippen LogP contribution in [-0.2, 0) is 0 Å². The maximum Gasteiger partial charge on any atom is 0.256 e. The summed E-state index contributed by atoms with van der Waals surface area (Å²) in [6.45, 7) is 5.04. The van der Waals surface area contributed by atoms with Crippen molar-refractivity contribution in [3.63, 3.8) is 0 Å². The fourth-order valence-corrected chi connectivity index (χ4v) is 3.40. The van der Waals surface area contributed by atoms with Crippen molar-refractivity contribution in [1.82, 2.24) is 14.8 Å². The molecule has 0 unspecified atom stereocenters. The molecule has 2 aromatic heterocycles. The Labute approximate surface area is 172 Å². The minimum absolute atomic E-state index is 0.0829. The van der Waals surface area contributed by atoms with Gasteiger partial charge in [0.25, 0.3) is 5.91 Å². The van der Waals surface area contributed by atoms with E-state index in [-0.39, 0.29) is 17.5 Å². The number of nitrogens with zero attached hydrogens (tertiary/aromatic N) is 3. The van der Waals surface area contributed by atoms with E-state index in [9.17, 15) is 14.0 Å². The van der Waals surface area contributed by atoms with Crippen molar-refractivity contribution in [1.29, 1.82) is 0 Å². The van der Waals surface area contributed by atoms with E-state index in [1.54, 1.807) is 56.3 Å². The number of Topliss-reactive ketones (excluding diaryl/α,β-unsaturated/α-hetero) is 1. The lowest BCUT2D eigenvalue weighted by Gasteiger charge is -2.09. The Morgan fingerprint density at radius 2 is 1.80 bits per heavy atom. The fraction of sp³-hybridized carbons (Fsp3) is 0.130. The zero-order chi connectivity index (χ0) is 21.4. The molecule has 0 bridgehead atoms. The quantitative estimate of drug-likeness (QED) is 0.505. The van der Waals surface area contributed by atoms with Gasteiger partial charge in [-0.2, -0.15) is 5.10 Å². The lowest BCUT2D eigenvalue weighted by atomic mass is 10.1. The standard InChI is InChI=1S/C23H19FN4O2/c1-13-10-20(23(30)26-18-8-4-6-16(11-18)15(3)29)21-14(2)27-28(22(21)25-13)19-9-5-7-17(24)12-19/h4-12H,1-3H3,(H,26,30). The van der Waals surface area contributed by atoms with Crippen molar-refractivity contribution >= 4 is 28.4 Å². The first kappa shape index (κ1) is 19.4. The molecule has 30 heavy (non-hydrogen) atoms. The van der Waals surface area contributed by atoms with Gasteiger partial charge in [0.05, 0.1) is 22.3 Å². The first-order valence-electron chi connectivity index (χ1n) is 9.39. The van der Waals surface area contributed by atoms with Gasteiger partial charge in [-0.1, -0.05) is 18.2 Å². The molecule has 0 saturated heterocycles. The van der Waals surface area contributed by atoms with Crippen molar-refractivity contribution < 1.29 is 14.0 Å². The SMILES string of the molecule is CC(=O)c1cccc(NC(=O)c2cc(C)nc3c2c(C)nn3-c2cccc(F)c2)c1. The smallest absolute Gasteiger partial charge is 0.256 e. The molecule has 0 aliphatic carbocycles. The van der Waals surface area contributed by atoms with Crippen LogP contribution in [0.5, 0.6) is 0 Å². The Kier molecular flexibility index (Phi) is 4.87. The molecule has 0 aliphatic rings. The van der Waals surface area contributed by atoms with Crippen LogP contribution in [0.4, 0.5) is 10.1 Å². The Morgan fingerprint density at radius 1 is 1.03 bits per heavy atom. The zero-order valence-electron chi connectivity index (χ0n) is 16.7. The summed E-state index contributed by atoms with van der Waals surface area (Å²) >= 11 is 0. The average Bonchev–Trinajstić information content (AvgIpc) is 3.04. The molecule has 0 atom stereocenters. The van der Waals surface area contributed by atoms with Crippen LogP contribution in [0.25, 0.3) is 16.7 Å². The number of amides is 1. The number of benzene rings is 2. The molecule has 0 fully saturated rings. The van der Waals surface area contributed by atoms with Crippen molar-refractivity contribution in [2.45, 2.75) is 20.8 Å². The normalized spacial score (nSPS) is 10.9. The van der Waals surface area contributed by atoms with Gasteiger partial charge >= 0.3 is 0 Å². The monoisotopic (exact) mass is 402 g/mol. The van der Waals surface area contributed by atoms with Crippen LogP contribution in [0.2, 0.25) is 0 Å². The molecule has 6 nitrogen and oxygen atoms in total. The lowest BCUT2D eigenvalue weighted by molar-refractivity contribution is 0.101. The lowest BCUT2D eigenvalue weighted by Crippen LogP contribution is -2.14. The van der Waals surface area contributed by atoms with Crippen molar-refractivity contribution in [2.75, 3.05) is 5.32 Å². The molecule has 0 radical (unpaired) electrons. The number of carbonyl (C=O) groups is 2. The summed E-state index contributed by atoms with van der Waals surface area (Å²) in [4.78, 5) is 29.3. The molecular formula is C23H19FN4O2. The summed E-state index contributed by atoms with van der Waals surface area (Å²) in [6, 6.07) is 14.5. The van der Waals surface area contributed by atoms with E-state index in [4.69, 9.17) is 0 Å². The minimum atomic E-state index is -0.384. The summed E-state index contributed by atoms with van der Waals surface area (Å²) in [5.74, 6) is -0.807. The Bertz CT molecular complexity index is 1310. The molecule has 150 valence electrons. The van der Waals surface area contributed by atoms with Gasteiger partial charge in [-0.05, 0) is 57.2 Å². The number of pyridine rings is 1. The molecule has 1 N–H and O–H groups in total. The number of ketones is 1. The molecule has 0 saturated carbocycles. The van der Waals surface area contributed by atoms with Crippen LogP contribution >= 0.6 is 0 Å². The Hall–Kier alpha value is -3.87. The van der Waals surface area contributed by atoms with Gasteiger partial charge in [-0.3, -0.25) is 9.59 Å². The van der Waals surface area contributed by atoms with Crippen LogP contribution in [0, 0.1) is 19.7 Å². The van der Waals surface area contributed by atoms with Crippen LogP contribution in [0.1, 0.15) is 39.0 Å². The van der Waals surface area contributed by atoms with E-state index in [1.165, 1.54) is 23.7 Å². The van der Waals surface area contributed by atoms with E-state index in [0.29, 0.717) is 44.9 Å². The van der Waals surface area contributed by atoms with Crippen LogP contribution in [0.15, 0.2) is 54.6 Å². The summed E-state index contributed by atoms with van der Waals surface area (Å²) in [6.07, 6.45) is 0. The number of nitrogens with one attached hydrogen (secondary N) is 1. The summed E-state index contributed by atoms with van der Waals surface area (Å²) in [5, 5.41) is 7.92. The van der Waals surface area contributed by atoms with E-state index in [2.05, 4.69) is 15.4 Å². The first-order chi connectivity index (χ1) is 14.3. The third-order valence-electron chi connectivity index (χ3n) is 4.77. The number of hydrogen-bond acceptors (Lipinski definition) is 4. The van der Waals surface area contributed by atoms with Gasteiger partial charge in [0, 0.05) is 16.9 Å². The third kappa shape index (κ3) is 3.57. The first-order valence-corrected chi connectivity index (χ1v) is 9.39. The second-order valence-electron chi connectivity index (χ2n) is 7.08. The number of rotatable bonds is 4. The van der Waals surface area contributed by atoms with Gasteiger partial charge in [-0.25, -0.2) is 14.1 Å². The second kappa shape index (κ2) is 7.51. The van der Waals surface area contributed by atoms with Crippen molar-refractivity contribution in [3.05, 3.63) is 82.9 Å². The molecule has 7 heteroatoms. The zero-order valence-corrected chi connectivity index (χ0v) is 16.7. The molecule has 2 aromatic carbocycles. The number of aromatic nitrogens is 3. The number of halogens is 1. The van der Waals surface area contributed by atoms with Crippen LogP contribution in [0.3, 0.4) is 0 Å². The van der Waals surface area contributed by atoms with Gasteiger partial charge in [0.15, 0.2) is 11.4 Å². The second-order valence-corrected chi connectivity index (χ2v) is 7.08. The maximum atomic E-state index is 13.7. The van der Waals surface area contributed by atoms with Gasteiger partial charge in [-0.15, -0.1) is 0 Å². The van der Waals surface area contributed by atoms with E-state index >= 15 is 0 Å². The van der Waals surface area contributed by atoms with Gasteiger partial charge in [0.2, 0.25) is 0 Å². The van der Waals surface area contributed by atoms with Crippen molar-refractivity contribution in [2.24, 2.45) is 0 Å². The molecule has 4 aromatic rings. The summed E-state index contributed by atoms with van der Waals surface area (Å²) in [5.41, 5.74) is 3.66. The van der Waals surface area contributed by atoms with Crippen molar-refractivity contribution in [3.8, 4) is 5.69 Å². The topological polar surface area (TPSA) is 76.9 Å². The predicted molar refractivity (Wildman–Crippen MR) is 113 cm³/mol. The Balaban J connectivity index is 1.81. The molecular weight excluding hydrogens is 383 g/mol. The van der Waals surface area contributed by atoms with E-state index in [0.717, 1.165) is 0 Å². The number of carbonyl (C=O) groups excluding carboxylic acids is 2. The highest BCUT2D eigenvalue weighted by Crippen LogP contribution is 2.26. The molecule has 0 spiro atoms. The number of fused-ring (bicyclic) bond motifs is 1. The fourth-order valence-electron chi connectivity index (χ4n) is 3.40. The van der Waals surface area contributed by atoms with Crippen LogP contribution in [-0.4, -0.2) is 26.5 Å². The third-order valence-corrected chi connectivity index (χ3v) is 4.77. The summed E-state index contributed by atoms with van der Waals surface area (Å²) in [7, 11) is 0. The van der Waals surface area contributed by atoms with Crippen LogP contribution < -0.4 is 5.32 Å². The summed E-state index contributed by atoms with van der Waals surface area (Å²) < 4.78 is 15.3. The van der Waals surface area contributed by atoms with E-state index < -0.39 is 0 Å². The molecule has 4 rings (SSSR count). The highest BCUT2D eigenvalue weighted by molar-refractivity contribution is 6.13. The molecule has 1 amide bonds. The minimum Gasteiger partial charge on any atom is -0.322 e. The maximum absolute atomic E-state index is 13.7. The number of hydrogen-bond donors (Lipinski definition) is 1. The highest BCUT2D eigenvalue weighted by Gasteiger charge is 2.20. The largest absolute Gasteiger partial charge is 0.322 e. The Morgan fingerprint density at radius 3 is 2.53 bits per heavy atom.